The molecule has 0 spiro atoms. The van der Waals surface area contributed by atoms with E-state index in [0.29, 0.717) is 25.1 Å². The van der Waals surface area contributed by atoms with Crippen LogP contribution in [0.4, 0.5) is 5.82 Å². The maximum atomic E-state index is 13.1. The number of hydrogen-bond acceptors (Lipinski definition) is 6. The lowest BCUT2D eigenvalue weighted by atomic mass is 9.99. The zero-order chi connectivity index (χ0) is 21.7. The topological polar surface area (TPSA) is 118 Å². The summed E-state index contributed by atoms with van der Waals surface area (Å²) in [7, 11) is -0.846. The van der Waals surface area contributed by atoms with E-state index in [1.165, 1.54) is 48.9 Å². The van der Waals surface area contributed by atoms with Crippen molar-refractivity contribution in [1.29, 1.82) is 0 Å². The molecule has 0 aliphatic carbocycles. The number of carbonyl (C=O) groups excluding carboxylic acids is 2. The van der Waals surface area contributed by atoms with E-state index in [-0.39, 0.29) is 34.6 Å². The summed E-state index contributed by atoms with van der Waals surface area (Å²) in [5, 5.41) is 5.20. The number of benzene rings is 1. The number of anilines is 1. The SMILES string of the molecule is CNC(=O)C1CCCN(S(=O)(=O)c2cccc(C(=O)Nc3ncccc3OC)c2)C1. The van der Waals surface area contributed by atoms with Crippen molar-refractivity contribution >= 4 is 27.7 Å². The maximum absolute atomic E-state index is 13.1. The molecule has 3 rings (SSSR count). The van der Waals surface area contributed by atoms with Crippen LogP contribution in [0.3, 0.4) is 0 Å². The van der Waals surface area contributed by atoms with E-state index in [1.54, 1.807) is 12.1 Å². The highest BCUT2D eigenvalue weighted by molar-refractivity contribution is 7.89. The second-order valence-corrected chi connectivity index (χ2v) is 8.79. The summed E-state index contributed by atoms with van der Waals surface area (Å²) in [5.74, 6) is -0.439. The first kappa shape index (κ1) is 21.7. The van der Waals surface area contributed by atoms with Gasteiger partial charge in [-0.2, -0.15) is 4.31 Å². The molecule has 1 fully saturated rings. The highest BCUT2D eigenvalue weighted by Gasteiger charge is 2.33. The lowest BCUT2D eigenvalue weighted by Crippen LogP contribution is -2.44. The average Bonchev–Trinajstić information content (AvgIpc) is 2.79. The molecule has 160 valence electrons. The second kappa shape index (κ2) is 9.23. The number of nitrogens with zero attached hydrogens (tertiary/aromatic N) is 2. The summed E-state index contributed by atoms with van der Waals surface area (Å²) in [4.78, 5) is 28.7. The Kier molecular flexibility index (Phi) is 6.68. The zero-order valence-corrected chi connectivity index (χ0v) is 17.6. The Bertz CT molecular complexity index is 1040. The molecule has 2 aromatic rings. The predicted molar refractivity (Wildman–Crippen MR) is 111 cm³/mol. The highest BCUT2D eigenvalue weighted by Crippen LogP contribution is 2.25. The third kappa shape index (κ3) is 4.60. The Morgan fingerprint density at radius 2 is 2.03 bits per heavy atom. The fourth-order valence-corrected chi connectivity index (χ4v) is 4.92. The molecule has 2 amide bonds. The fraction of sp³-hybridized carbons (Fsp3) is 0.350. The quantitative estimate of drug-likeness (QED) is 0.714. The van der Waals surface area contributed by atoms with Crippen LogP contribution in [0, 0.1) is 5.92 Å². The van der Waals surface area contributed by atoms with Crippen LogP contribution >= 0.6 is 0 Å². The maximum Gasteiger partial charge on any atom is 0.256 e. The zero-order valence-electron chi connectivity index (χ0n) is 16.8. The third-order valence-electron chi connectivity index (χ3n) is 4.96. The monoisotopic (exact) mass is 432 g/mol. The van der Waals surface area contributed by atoms with Crippen LogP contribution in [0.15, 0.2) is 47.5 Å². The van der Waals surface area contributed by atoms with Gasteiger partial charge in [-0.1, -0.05) is 6.07 Å². The molecule has 1 aromatic heterocycles. The van der Waals surface area contributed by atoms with Gasteiger partial charge in [-0.3, -0.25) is 9.59 Å². The predicted octanol–water partition coefficient (Wildman–Crippen LogP) is 1.49. The number of piperidine rings is 1. The Hall–Kier alpha value is -2.98. The van der Waals surface area contributed by atoms with Crippen LogP contribution in [-0.2, 0) is 14.8 Å². The molecule has 1 unspecified atom stereocenters. The molecule has 30 heavy (non-hydrogen) atoms. The van der Waals surface area contributed by atoms with Crippen LogP contribution in [0.1, 0.15) is 23.2 Å². The van der Waals surface area contributed by atoms with Crippen molar-refractivity contribution in [3.8, 4) is 5.75 Å². The fourth-order valence-electron chi connectivity index (χ4n) is 3.35. The number of carbonyl (C=O) groups is 2. The normalized spacial score (nSPS) is 17.2. The first-order chi connectivity index (χ1) is 14.4. The minimum Gasteiger partial charge on any atom is -0.493 e. The molecule has 1 aliphatic rings. The van der Waals surface area contributed by atoms with E-state index in [2.05, 4.69) is 15.6 Å². The molecular weight excluding hydrogens is 408 g/mol. The van der Waals surface area contributed by atoms with Gasteiger partial charge in [-0.25, -0.2) is 13.4 Å². The first-order valence-electron chi connectivity index (χ1n) is 9.49. The molecule has 0 radical (unpaired) electrons. The Balaban J connectivity index is 1.81. The number of ether oxygens (including phenoxy) is 1. The molecule has 10 heteroatoms. The van der Waals surface area contributed by atoms with E-state index in [1.807, 2.05) is 0 Å². The largest absolute Gasteiger partial charge is 0.493 e. The van der Waals surface area contributed by atoms with E-state index in [4.69, 9.17) is 4.74 Å². The van der Waals surface area contributed by atoms with Gasteiger partial charge in [0, 0.05) is 31.9 Å². The molecule has 9 nitrogen and oxygen atoms in total. The summed E-state index contributed by atoms with van der Waals surface area (Å²) in [6.45, 7) is 0.445. The van der Waals surface area contributed by atoms with E-state index < -0.39 is 15.9 Å². The Morgan fingerprint density at radius 3 is 2.77 bits per heavy atom. The molecule has 1 aliphatic heterocycles. The molecular formula is C20H24N4O5S. The summed E-state index contributed by atoms with van der Waals surface area (Å²) in [6.07, 6.45) is 2.75. The number of aromatic nitrogens is 1. The van der Waals surface area contributed by atoms with Gasteiger partial charge >= 0.3 is 0 Å². The van der Waals surface area contributed by atoms with Crippen molar-refractivity contribution in [2.24, 2.45) is 5.92 Å². The van der Waals surface area contributed by atoms with Gasteiger partial charge in [0.15, 0.2) is 11.6 Å². The van der Waals surface area contributed by atoms with Crippen molar-refractivity contribution in [3.05, 3.63) is 48.2 Å². The minimum atomic E-state index is -3.85. The van der Waals surface area contributed by atoms with E-state index in [0.717, 1.165) is 0 Å². The Labute approximate surface area is 175 Å². The number of pyridine rings is 1. The molecule has 1 aromatic carbocycles. The van der Waals surface area contributed by atoms with Crippen molar-refractivity contribution in [2.75, 3.05) is 32.6 Å². The summed E-state index contributed by atoms with van der Waals surface area (Å²) in [6, 6.07) is 9.13. The molecule has 0 saturated carbocycles. The van der Waals surface area contributed by atoms with Gasteiger partial charge < -0.3 is 15.4 Å². The highest BCUT2D eigenvalue weighted by atomic mass is 32.2. The Morgan fingerprint density at radius 1 is 1.23 bits per heavy atom. The molecule has 1 atom stereocenters. The van der Waals surface area contributed by atoms with Gasteiger partial charge in [0.05, 0.1) is 17.9 Å². The number of amides is 2. The minimum absolute atomic E-state index is 0.000641. The van der Waals surface area contributed by atoms with Gasteiger partial charge in [0.1, 0.15) is 0 Å². The van der Waals surface area contributed by atoms with Gasteiger partial charge in [-0.05, 0) is 43.2 Å². The summed E-state index contributed by atoms with van der Waals surface area (Å²) >= 11 is 0. The van der Waals surface area contributed by atoms with Crippen LogP contribution < -0.4 is 15.4 Å². The number of hydrogen-bond donors (Lipinski definition) is 2. The molecule has 0 bridgehead atoms. The van der Waals surface area contributed by atoms with Crippen molar-refractivity contribution in [2.45, 2.75) is 17.7 Å². The average molecular weight is 433 g/mol. The van der Waals surface area contributed by atoms with E-state index >= 15 is 0 Å². The number of methoxy groups -OCH3 is 1. The summed E-state index contributed by atoms with van der Waals surface area (Å²) < 4.78 is 32.7. The molecule has 2 heterocycles. The number of nitrogens with one attached hydrogen (secondary N) is 2. The van der Waals surface area contributed by atoms with Gasteiger partial charge in [0.25, 0.3) is 5.91 Å². The van der Waals surface area contributed by atoms with Crippen molar-refractivity contribution in [3.63, 3.8) is 0 Å². The smallest absolute Gasteiger partial charge is 0.256 e. The second-order valence-electron chi connectivity index (χ2n) is 6.85. The van der Waals surface area contributed by atoms with Crippen molar-refractivity contribution < 1.29 is 22.7 Å². The van der Waals surface area contributed by atoms with Gasteiger partial charge in [-0.15, -0.1) is 0 Å². The van der Waals surface area contributed by atoms with E-state index in [9.17, 15) is 18.0 Å². The number of sulfonamides is 1. The van der Waals surface area contributed by atoms with Crippen molar-refractivity contribution in [1.82, 2.24) is 14.6 Å². The number of rotatable bonds is 6. The van der Waals surface area contributed by atoms with Gasteiger partial charge in [0.2, 0.25) is 15.9 Å². The third-order valence-corrected chi connectivity index (χ3v) is 6.82. The van der Waals surface area contributed by atoms with Crippen LogP contribution in [0.2, 0.25) is 0 Å². The first-order valence-corrected chi connectivity index (χ1v) is 10.9. The van der Waals surface area contributed by atoms with Crippen LogP contribution in [0.5, 0.6) is 5.75 Å². The van der Waals surface area contributed by atoms with Crippen LogP contribution in [0.25, 0.3) is 0 Å². The van der Waals surface area contributed by atoms with Crippen LogP contribution in [-0.4, -0.2) is 56.8 Å². The summed E-state index contributed by atoms with van der Waals surface area (Å²) in [5.41, 5.74) is 0.170. The standard InChI is InChI=1S/C20H24N4O5S/c1-21-19(25)15-7-5-11-24(13-15)30(27,28)16-8-3-6-14(12-16)20(26)23-18-17(29-2)9-4-10-22-18/h3-4,6,8-10,12,15H,5,7,11,13H2,1-2H3,(H,21,25)(H,22,23,26). The molecule has 2 N–H and O–H groups in total. The lowest BCUT2D eigenvalue weighted by molar-refractivity contribution is -0.125. The molecule has 1 saturated heterocycles. The lowest BCUT2D eigenvalue weighted by Gasteiger charge is -2.31.